The predicted molar refractivity (Wildman–Crippen MR) is 102 cm³/mol. The first-order valence-corrected chi connectivity index (χ1v) is 9.46. The van der Waals surface area contributed by atoms with Crippen molar-refractivity contribution in [2.45, 2.75) is 38.6 Å². The van der Waals surface area contributed by atoms with Gasteiger partial charge in [-0.2, -0.15) is 0 Å². The SMILES string of the molecule is CCOC(=O)N1CCC(NC(=O)Nc2cccc(N3CCCC3=O)c2)CC1. The number of hydrogen-bond donors (Lipinski definition) is 2. The molecule has 0 aromatic heterocycles. The van der Waals surface area contributed by atoms with Crippen molar-refractivity contribution < 1.29 is 19.1 Å². The average molecular weight is 374 g/mol. The van der Waals surface area contributed by atoms with Gasteiger partial charge >= 0.3 is 12.1 Å². The molecular formula is C19H26N4O4. The molecule has 3 rings (SSSR count). The van der Waals surface area contributed by atoms with Crippen LogP contribution in [0.15, 0.2) is 24.3 Å². The van der Waals surface area contributed by atoms with Crippen LogP contribution in [-0.2, 0) is 9.53 Å². The lowest BCUT2D eigenvalue weighted by Gasteiger charge is -2.31. The molecule has 0 aliphatic carbocycles. The maximum absolute atomic E-state index is 12.3. The van der Waals surface area contributed by atoms with Crippen LogP contribution < -0.4 is 15.5 Å². The molecule has 0 saturated carbocycles. The van der Waals surface area contributed by atoms with Crippen molar-refractivity contribution in [2.24, 2.45) is 0 Å². The second-order valence-corrected chi connectivity index (χ2v) is 6.76. The minimum atomic E-state index is -0.298. The normalized spacial score (nSPS) is 17.7. The van der Waals surface area contributed by atoms with E-state index in [0.29, 0.717) is 51.2 Å². The zero-order chi connectivity index (χ0) is 19.2. The number of piperidine rings is 1. The molecule has 2 aliphatic rings. The molecular weight excluding hydrogens is 348 g/mol. The van der Waals surface area contributed by atoms with Gasteiger partial charge < -0.3 is 25.2 Å². The molecule has 0 atom stereocenters. The van der Waals surface area contributed by atoms with Gasteiger partial charge in [0.25, 0.3) is 0 Å². The summed E-state index contributed by atoms with van der Waals surface area (Å²) in [5.41, 5.74) is 1.45. The average Bonchev–Trinajstić information content (AvgIpc) is 3.08. The third-order valence-electron chi connectivity index (χ3n) is 4.85. The number of rotatable bonds is 4. The molecule has 0 unspecified atom stereocenters. The second-order valence-electron chi connectivity index (χ2n) is 6.76. The van der Waals surface area contributed by atoms with Crippen molar-refractivity contribution in [3.05, 3.63) is 24.3 Å². The molecule has 2 fully saturated rings. The van der Waals surface area contributed by atoms with Gasteiger partial charge in [-0.25, -0.2) is 9.59 Å². The minimum absolute atomic E-state index is 0.0130. The molecule has 2 saturated heterocycles. The highest BCUT2D eigenvalue weighted by atomic mass is 16.6. The highest BCUT2D eigenvalue weighted by Gasteiger charge is 2.25. The minimum Gasteiger partial charge on any atom is -0.450 e. The number of amides is 4. The van der Waals surface area contributed by atoms with Crippen molar-refractivity contribution in [1.29, 1.82) is 0 Å². The molecule has 2 N–H and O–H groups in total. The number of anilines is 2. The van der Waals surface area contributed by atoms with Gasteiger partial charge in [0.05, 0.1) is 6.61 Å². The number of benzene rings is 1. The van der Waals surface area contributed by atoms with Crippen LogP contribution in [0.2, 0.25) is 0 Å². The Balaban J connectivity index is 1.49. The highest BCUT2D eigenvalue weighted by molar-refractivity contribution is 5.96. The number of urea groups is 1. The van der Waals surface area contributed by atoms with Crippen LogP contribution in [0.5, 0.6) is 0 Å². The van der Waals surface area contributed by atoms with E-state index in [1.54, 1.807) is 22.8 Å². The largest absolute Gasteiger partial charge is 0.450 e. The molecule has 146 valence electrons. The summed E-state index contributed by atoms with van der Waals surface area (Å²) in [5.74, 6) is 0.116. The third-order valence-corrected chi connectivity index (χ3v) is 4.85. The number of carbonyl (C=O) groups excluding carboxylic acids is 3. The van der Waals surface area contributed by atoms with E-state index in [4.69, 9.17) is 4.74 Å². The first-order valence-electron chi connectivity index (χ1n) is 9.46. The van der Waals surface area contributed by atoms with Crippen molar-refractivity contribution in [2.75, 3.05) is 36.5 Å². The molecule has 0 radical (unpaired) electrons. The summed E-state index contributed by atoms with van der Waals surface area (Å²) in [5, 5.41) is 5.78. The number of nitrogens with one attached hydrogen (secondary N) is 2. The molecule has 2 heterocycles. The monoisotopic (exact) mass is 374 g/mol. The van der Waals surface area contributed by atoms with Gasteiger partial charge in [0, 0.05) is 43.5 Å². The van der Waals surface area contributed by atoms with E-state index in [0.717, 1.165) is 12.1 Å². The molecule has 2 aliphatic heterocycles. The number of hydrogen-bond acceptors (Lipinski definition) is 4. The fourth-order valence-electron chi connectivity index (χ4n) is 3.45. The van der Waals surface area contributed by atoms with Gasteiger partial charge in [0.1, 0.15) is 0 Å². The quantitative estimate of drug-likeness (QED) is 0.847. The Kier molecular flexibility index (Phi) is 6.16. The van der Waals surface area contributed by atoms with Crippen LogP contribution in [0.4, 0.5) is 21.0 Å². The number of nitrogens with zero attached hydrogens (tertiary/aromatic N) is 2. The van der Waals surface area contributed by atoms with Crippen LogP contribution in [0.1, 0.15) is 32.6 Å². The summed E-state index contributed by atoms with van der Waals surface area (Å²) in [4.78, 5) is 39.3. The van der Waals surface area contributed by atoms with Crippen LogP contribution >= 0.6 is 0 Å². The zero-order valence-corrected chi connectivity index (χ0v) is 15.6. The zero-order valence-electron chi connectivity index (χ0n) is 15.6. The number of likely N-dealkylation sites (tertiary alicyclic amines) is 1. The van der Waals surface area contributed by atoms with Crippen molar-refractivity contribution in [3.63, 3.8) is 0 Å². The van der Waals surface area contributed by atoms with E-state index >= 15 is 0 Å². The van der Waals surface area contributed by atoms with E-state index in [2.05, 4.69) is 10.6 Å². The lowest BCUT2D eigenvalue weighted by atomic mass is 10.1. The summed E-state index contributed by atoms with van der Waals surface area (Å²) in [7, 11) is 0. The summed E-state index contributed by atoms with van der Waals surface area (Å²) in [6.07, 6.45) is 2.52. The maximum Gasteiger partial charge on any atom is 0.409 e. The van der Waals surface area contributed by atoms with Crippen LogP contribution in [0, 0.1) is 0 Å². The Bertz CT molecular complexity index is 701. The smallest absolute Gasteiger partial charge is 0.409 e. The second kappa shape index (κ2) is 8.75. The van der Waals surface area contributed by atoms with Gasteiger partial charge in [0.2, 0.25) is 5.91 Å². The Labute approximate surface area is 158 Å². The van der Waals surface area contributed by atoms with Gasteiger partial charge in [0.15, 0.2) is 0 Å². The summed E-state index contributed by atoms with van der Waals surface area (Å²) < 4.78 is 5.00. The first kappa shape index (κ1) is 19.0. The Morgan fingerprint density at radius 1 is 1.22 bits per heavy atom. The van der Waals surface area contributed by atoms with E-state index in [-0.39, 0.29) is 24.1 Å². The van der Waals surface area contributed by atoms with Crippen molar-refractivity contribution in [3.8, 4) is 0 Å². The van der Waals surface area contributed by atoms with E-state index in [1.807, 2.05) is 18.2 Å². The Hall–Kier alpha value is -2.77. The molecule has 8 heteroatoms. The van der Waals surface area contributed by atoms with Crippen LogP contribution in [0.3, 0.4) is 0 Å². The topological polar surface area (TPSA) is 91.0 Å². The molecule has 1 aromatic carbocycles. The molecule has 4 amide bonds. The van der Waals surface area contributed by atoms with Crippen LogP contribution in [-0.4, -0.2) is 55.2 Å². The molecule has 0 spiro atoms. The van der Waals surface area contributed by atoms with Crippen molar-refractivity contribution >= 4 is 29.4 Å². The van der Waals surface area contributed by atoms with Gasteiger partial charge in [-0.3, -0.25) is 4.79 Å². The standard InChI is InChI=1S/C19H26N4O4/c1-2-27-19(26)22-11-8-14(9-12-22)20-18(25)21-15-5-3-6-16(13-15)23-10-4-7-17(23)24/h3,5-6,13-14H,2,4,7-12H2,1H3,(H2,20,21,25). The van der Waals surface area contributed by atoms with E-state index in [1.165, 1.54) is 0 Å². The van der Waals surface area contributed by atoms with E-state index < -0.39 is 0 Å². The van der Waals surface area contributed by atoms with Crippen molar-refractivity contribution in [1.82, 2.24) is 10.2 Å². The fraction of sp³-hybridized carbons (Fsp3) is 0.526. The highest BCUT2D eigenvalue weighted by Crippen LogP contribution is 2.24. The fourth-order valence-corrected chi connectivity index (χ4v) is 3.45. The van der Waals surface area contributed by atoms with Gasteiger partial charge in [-0.1, -0.05) is 6.07 Å². The Morgan fingerprint density at radius 2 is 2.00 bits per heavy atom. The molecule has 0 bridgehead atoms. The number of carbonyl (C=O) groups is 3. The van der Waals surface area contributed by atoms with Gasteiger partial charge in [-0.05, 0) is 44.4 Å². The molecule has 1 aromatic rings. The lowest BCUT2D eigenvalue weighted by molar-refractivity contribution is -0.117. The van der Waals surface area contributed by atoms with E-state index in [9.17, 15) is 14.4 Å². The summed E-state index contributed by atoms with van der Waals surface area (Å²) >= 11 is 0. The predicted octanol–water partition coefficient (Wildman–Crippen LogP) is 2.56. The first-order chi connectivity index (χ1) is 13.1. The summed E-state index contributed by atoms with van der Waals surface area (Å²) in [6, 6.07) is 7.04. The third kappa shape index (κ3) is 4.90. The Morgan fingerprint density at radius 3 is 2.67 bits per heavy atom. The van der Waals surface area contributed by atoms with Gasteiger partial charge in [-0.15, -0.1) is 0 Å². The molecule has 8 nitrogen and oxygen atoms in total. The number of ether oxygens (including phenoxy) is 1. The summed E-state index contributed by atoms with van der Waals surface area (Å²) in [6.45, 7) is 3.99. The van der Waals surface area contributed by atoms with Crippen LogP contribution in [0.25, 0.3) is 0 Å². The molecule has 27 heavy (non-hydrogen) atoms. The lowest BCUT2D eigenvalue weighted by Crippen LogP contribution is -2.47. The maximum atomic E-state index is 12.3.